The van der Waals surface area contributed by atoms with Gasteiger partial charge < -0.3 is 9.13 Å². The number of rotatable bonds is 4. The van der Waals surface area contributed by atoms with E-state index in [0.717, 1.165) is 12.8 Å². The van der Waals surface area contributed by atoms with Crippen LogP contribution in [0.25, 0.3) is 77.2 Å². The Morgan fingerprint density at radius 1 is 0.386 bits per heavy atom. The molecule has 9 rings (SSSR count). The number of para-hydroxylation sites is 2. The summed E-state index contributed by atoms with van der Waals surface area (Å²) in [5.74, 6) is 0. The predicted molar refractivity (Wildman–Crippen MR) is 187 cm³/mol. The molecule has 0 spiro atoms. The van der Waals surface area contributed by atoms with Crippen LogP contribution >= 0.6 is 0 Å². The molecule has 2 heteroatoms. The molecule has 44 heavy (non-hydrogen) atoms. The third-order valence-electron chi connectivity index (χ3n) is 9.12. The second-order valence-electron chi connectivity index (χ2n) is 11.7. The Morgan fingerprint density at radius 2 is 0.955 bits per heavy atom. The minimum atomic E-state index is 1.09. The van der Waals surface area contributed by atoms with Crippen molar-refractivity contribution < 1.29 is 0 Å². The second-order valence-corrected chi connectivity index (χ2v) is 11.7. The minimum Gasteiger partial charge on any atom is -0.310 e. The Hall–Kier alpha value is -5.60. The fourth-order valence-electron chi connectivity index (χ4n) is 7.08. The Kier molecular flexibility index (Phi) is 5.67. The Morgan fingerprint density at radius 3 is 1.64 bits per heavy atom. The molecular weight excluding hydrogens is 532 g/mol. The van der Waals surface area contributed by atoms with Gasteiger partial charge in [0.2, 0.25) is 0 Å². The van der Waals surface area contributed by atoms with Gasteiger partial charge in [-0.1, -0.05) is 103 Å². The van der Waals surface area contributed by atoms with E-state index in [2.05, 4.69) is 167 Å². The zero-order valence-electron chi connectivity index (χ0n) is 24.3. The number of hydrogen-bond acceptors (Lipinski definition) is 0. The third kappa shape index (κ3) is 3.88. The number of hydrogen-bond donors (Lipinski definition) is 0. The number of allylic oxidation sites excluding steroid dienone is 4. The van der Waals surface area contributed by atoms with Crippen LogP contribution in [0.5, 0.6) is 0 Å². The number of benzene rings is 6. The molecular formula is C42H30N2. The van der Waals surface area contributed by atoms with Crippen molar-refractivity contribution in [2.75, 3.05) is 0 Å². The highest BCUT2D eigenvalue weighted by atomic mass is 15.0. The highest BCUT2D eigenvalue weighted by molar-refractivity contribution is 6.13. The summed E-state index contributed by atoms with van der Waals surface area (Å²) >= 11 is 0. The van der Waals surface area contributed by atoms with Gasteiger partial charge in [0, 0.05) is 32.9 Å². The van der Waals surface area contributed by atoms with Gasteiger partial charge >= 0.3 is 0 Å². The molecule has 0 saturated carbocycles. The molecule has 1 aliphatic rings. The first-order valence-corrected chi connectivity index (χ1v) is 15.4. The molecule has 0 unspecified atom stereocenters. The normalized spacial score (nSPS) is 13.3. The van der Waals surface area contributed by atoms with Crippen molar-refractivity contribution in [3.05, 3.63) is 158 Å². The topological polar surface area (TPSA) is 9.86 Å². The van der Waals surface area contributed by atoms with Crippen LogP contribution in [-0.4, -0.2) is 9.13 Å². The highest BCUT2D eigenvalue weighted by Gasteiger charge is 2.16. The lowest BCUT2D eigenvalue weighted by Crippen LogP contribution is -1.96. The standard InChI is InChI=1S/C42H30N2/c1-3-12-29(13-4-1)30-14-11-17-34(26-30)44-40-21-10-8-19-36(40)38-28-32(23-25-42(38)44)31-22-24-41-37(27-31)35-18-7-9-20-39(35)43(41)33-15-5-2-6-16-33/h1,3-5,7-28H,2,6H2. The van der Waals surface area contributed by atoms with Gasteiger partial charge in [0.1, 0.15) is 0 Å². The molecule has 0 saturated heterocycles. The number of nitrogens with zero attached hydrogens (tertiary/aromatic N) is 2. The zero-order chi connectivity index (χ0) is 29.0. The average Bonchev–Trinajstić information content (AvgIpc) is 3.61. The summed E-state index contributed by atoms with van der Waals surface area (Å²) in [5, 5.41) is 5.12. The SMILES string of the molecule is C1=CC(n2c3ccccc3c3cc(-c4ccc5c(c4)c4ccccc4n5-c4cccc(-c5ccccc5)c4)ccc32)=CCC1. The first kappa shape index (κ1) is 24.9. The maximum atomic E-state index is 2.42. The van der Waals surface area contributed by atoms with Crippen molar-refractivity contribution >= 4 is 49.3 Å². The summed E-state index contributed by atoms with van der Waals surface area (Å²) in [6, 6.07) is 51.0. The Balaban J connectivity index is 1.22. The van der Waals surface area contributed by atoms with E-state index in [1.165, 1.54) is 77.2 Å². The quantitative estimate of drug-likeness (QED) is 0.202. The number of fused-ring (bicyclic) bond motifs is 6. The van der Waals surface area contributed by atoms with E-state index in [1.807, 2.05) is 0 Å². The second kappa shape index (κ2) is 10.00. The summed E-state index contributed by atoms with van der Waals surface area (Å²) in [4.78, 5) is 0. The van der Waals surface area contributed by atoms with E-state index < -0.39 is 0 Å². The summed E-state index contributed by atoms with van der Waals surface area (Å²) < 4.78 is 4.83. The highest BCUT2D eigenvalue weighted by Crippen LogP contribution is 2.39. The van der Waals surface area contributed by atoms with E-state index in [4.69, 9.17) is 0 Å². The predicted octanol–water partition coefficient (Wildman–Crippen LogP) is 11.4. The molecule has 0 fully saturated rings. The van der Waals surface area contributed by atoms with Crippen molar-refractivity contribution in [2.24, 2.45) is 0 Å². The van der Waals surface area contributed by atoms with Crippen LogP contribution in [0.4, 0.5) is 0 Å². The van der Waals surface area contributed by atoms with Crippen molar-refractivity contribution in [3.63, 3.8) is 0 Å². The minimum absolute atomic E-state index is 1.09. The van der Waals surface area contributed by atoms with Gasteiger partial charge in [0.15, 0.2) is 0 Å². The van der Waals surface area contributed by atoms with Crippen LogP contribution in [0.2, 0.25) is 0 Å². The van der Waals surface area contributed by atoms with Gasteiger partial charge in [0.25, 0.3) is 0 Å². The maximum Gasteiger partial charge on any atom is 0.0541 e. The van der Waals surface area contributed by atoms with E-state index >= 15 is 0 Å². The van der Waals surface area contributed by atoms with Crippen molar-refractivity contribution in [2.45, 2.75) is 12.8 Å². The van der Waals surface area contributed by atoms with Gasteiger partial charge in [-0.15, -0.1) is 0 Å². The molecule has 8 aromatic rings. The molecule has 0 radical (unpaired) electrons. The lowest BCUT2D eigenvalue weighted by atomic mass is 10.0. The van der Waals surface area contributed by atoms with E-state index in [0.29, 0.717) is 0 Å². The molecule has 2 nitrogen and oxygen atoms in total. The first-order chi connectivity index (χ1) is 21.8. The lowest BCUT2D eigenvalue weighted by molar-refractivity contribution is 1.02. The van der Waals surface area contributed by atoms with E-state index in [1.54, 1.807) is 0 Å². The van der Waals surface area contributed by atoms with Crippen LogP contribution < -0.4 is 0 Å². The molecule has 2 aromatic heterocycles. The average molecular weight is 563 g/mol. The van der Waals surface area contributed by atoms with E-state index in [-0.39, 0.29) is 0 Å². The summed E-state index contributed by atoms with van der Waals surface area (Å²) in [6.45, 7) is 0. The summed E-state index contributed by atoms with van der Waals surface area (Å²) in [5.41, 5.74) is 12.3. The fraction of sp³-hybridized carbons (Fsp3) is 0.0476. The van der Waals surface area contributed by atoms with Crippen LogP contribution in [0.1, 0.15) is 12.8 Å². The van der Waals surface area contributed by atoms with Gasteiger partial charge in [-0.2, -0.15) is 0 Å². The smallest absolute Gasteiger partial charge is 0.0541 e. The molecule has 208 valence electrons. The third-order valence-corrected chi connectivity index (χ3v) is 9.12. The molecule has 2 heterocycles. The van der Waals surface area contributed by atoms with Gasteiger partial charge in [-0.25, -0.2) is 0 Å². The molecule has 0 bridgehead atoms. The van der Waals surface area contributed by atoms with Crippen molar-refractivity contribution in [3.8, 4) is 27.9 Å². The van der Waals surface area contributed by atoms with Crippen LogP contribution in [0.15, 0.2) is 158 Å². The maximum absolute atomic E-state index is 2.42. The van der Waals surface area contributed by atoms with Crippen LogP contribution in [0, 0.1) is 0 Å². The Labute approximate surface area is 256 Å². The molecule has 0 N–H and O–H groups in total. The molecule has 0 aliphatic heterocycles. The molecule has 6 aromatic carbocycles. The largest absolute Gasteiger partial charge is 0.310 e. The van der Waals surface area contributed by atoms with Crippen LogP contribution in [-0.2, 0) is 0 Å². The number of aromatic nitrogens is 2. The first-order valence-electron chi connectivity index (χ1n) is 15.4. The monoisotopic (exact) mass is 562 g/mol. The molecule has 0 amide bonds. The van der Waals surface area contributed by atoms with E-state index in [9.17, 15) is 0 Å². The Bertz CT molecular complexity index is 2430. The van der Waals surface area contributed by atoms with Crippen LogP contribution in [0.3, 0.4) is 0 Å². The fourth-order valence-corrected chi connectivity index (χ4v) is 7.08. The van der Waals surface area contributed by atoms with Crippen molar-refractivity contribution in [1.29, 1.82) is 0 Å². The zero-order valence-corrected chi connectivity index (χ0v) is 24.3. The van der Waals surface area contributed by atoms with Gasteiger partial charge in [0.05, 0.1) is 22.1 Å². The van der Waals surface area contributed by atoms with Gasteiger partial charge in [-0.05, 0) is 89.7 Å². The molecule has 1 aliphatic carbocycles. The van der Waals surface area contributed by atoms with Gasteiger partial charge in [-0.3, -0.25) is 0 Å². The summed E-state index contributed by atoms with van der Waals surface area (Å²) in [6.07, 6.45) is 9.11. The summed E-state index contributed by atoms with van der Waals surface area (Å²) in [7, 11) is 0. The molecule has 0 atom stereocenters. The lowest BCUT2D eigenvalue weighted by Gasteiger charge is -2.12. The van der Waals surface area contributed by atoms with Crippen molar-refractivity contribution in [1.82, 2.24) is 9.13 Å².